The molecule has 0 saturated carbocycles. The number of likely N-dealkylation sites (N-methyl/N-ethyl adjacent to an activating group) is 1. The van der Waals surface area contributed by atoms with Crippen LogP contribution >= 0.6 is 0 Å². The molecule has 0 bridgehead atoms. The Bertz CT molecular complexity index is 600. The molecular formula is C12H19N3O4S. The lowest BCUT2D eigenvalue weighted by molar-refractivity contribution is 0.0686. The Kier molecular flexibility index (Phi) is 4.17. The maximum absolute atomic E-state index is 12.5. The summed E-state index contributed by atoms with van der Waals surface area (Å²) in [6, 6.07) is 1.21. The summed E-state index contributed by atoms with van der Waals surface area (Å²) in [5, 5.41) is 8.99. The van der Waals surface area contributed by atoms with E-state index in [1.807, 2.05) is 6.92 Å². The van der Waals surface area contributed by atoms with E-state index in [9.17, 15) is 13.2 Å². The first kappa shape index (κ1) is 15.0. The molecule has 1 N–H and O–H groups in total. The summed E-state index contributed by atoms with van der Waals surface area (Å²) in [5.74, 6) is -1.13. The molecule has 0 amide bonds. The fourth-order valence-electron chi connectivity index (χ4n) is 2.32. The smallest absolute Gasteiger partial charge is 0.352 e. The fraction of sp³-hybridized carbons (Fsp3) is 0.583. The van der Waals surface area contributed by atoms with E-state index in [0.717, 1.165) is 6.54 Å². The van der Waals surface area contributed by atoms with Gasteiger partial charge in [-0.15, -0.1) is 0 Å². The van der Waals surface area contributed by atoms with E-state index >= 15 is 0 Å². The van der Waals surface area contributed by atoms with Gasteiger partial charge in [0.15, 0.2) is 0 Å². The molecule has 0 aliphatic carbocycles. The molecule has 20 heavy (non-hydrogen) atoms. The number of hydrogen-bond donors (Lipinski definition) is 1. The second-order valence-corrected chi connectivity index (χ2v) is 6.75. The molecule has 112 valence electrons. The Balaban J connectivity index is 2.23. The topological polar surface area (TPSA) is 82.8 Å². The van der Waals surface area contributed by atoms with E-state index in [1.54, 1.807) is 0 Å². The second-order valence-electron chi connectivity index (χ2n) is 4.82. The molecule has 2 rings (SSSR count). The number of aromatic carboxylic acids is 1. The molecule has 0 aromatic carbocycles. The van der Waals surface area contributed by atoms with Crippen molar-refractivity contribution in [2.45, 2.75) is 11.8 Å². The third kappa shape index (κ3) is 2.72. The van der Waals surface area contributed by atoms with Crippen LogP contribution in [0.4, 0.5) is 0 Å². The molecule has 0 unspecified atom stereocenters. The molecule has 1 aromatic rings. The number of carboxylic acids is 1. The van der Waals surface area contributed by atoms with E-state index in [-0.39, 0.29) is 10.6 Å². The van der Waals surface area contributed by atoms with E-state index in [0.29, 0.717) is 26.2 Å². The van der Waals surface area contributed by atoms with Crippen LogP contribution in [0.2, 0.25) is 0 Å². The minimum atomic E-state index is -3.61. The van der Waals surface area contributed by atoms with Gasteiger partial charge in [0, 0.05) is 39.4 Å². The van der Waals surface area contributed by atoms with Crippen molar-refractivity contribution in [3.05, 3.63) is 18.0 Å². The zero-order chi connectivity index (χ0) is 14.9. The minimum absolute atomic E-state index is 0.0317. The van der Waals surface area contributed by atoms with Gasteiger partial charge in [-0.2, -0.15) is 4.31 Å². The highest BCUT2D eigenvalue weighted by molar-refractivity contribution is 7.89. The number of aromatic nitrogens is 1. The molecule has 0 spiro atoms. The SMILES string of the molecule is CCN1CCN(S(=O)(=O)c2cc(C(=O)O)n(C)c2)CC1. The van der Waals surface area contributed by atoms with Crippen LogP contribution in [0, 0.1) is 0 Å². The summed E-state index contributed by atoms with van der Waals surface area (Å²) in [7, 11) is -2.08. The quantitative estimate of drug-likeness (QED) is 0.849. The van der Waals surface area contributed by atoms with Gasteiger partial charge < -0.3 is 14.6 Å². The third-order valence-electron chi connectivity index (χ3n) is 3.62. The van der Waals surface area contributed by atoms with Gasteiger partial charge in [0.05, 0.1) is 0 Å². The Morgan fingerprint density at radius 3 is 2.35 bits per heavy atom. The van der Waals surface area contributed by atoms with Crippen molar-refractivity contribution in [1.29, 1.82) is 0 Å². The highest BCUT2D eigenvalue weighted by Gasteiger charge is 2.29. The Hall–Kier alpha value is -1.38. The van der Waals surface area contributed by atoms with Crippen molar-refractivity contribution < 1.29 is 18.3 Å². The molecule has 1 aliphatic rings. The van der Waals surface area contributed by atoms with Crippen molar-refractivity contribution in [1.82, 2.24) is 13.8 Å². The van der Waals surface area contributed by atoms with Crippen LogP contribution in [-0.2, 0) is 17.1 Å². The monoisotopic (exact) mass is 301 g/mol. The van der Waals surface area contributed by atoms with Crippen LogP contribution in [0.3, 0.4) is 0 Å². The molecule has 1 fully saturated rings. The average Bonchev–Trinajstić information content (AvgIpc) is 2.82. The van der Waals surface area contributed by atoms with Gasteiger partial charge >= 0.3 is 5.97 Å². The van der Waals surface area contributed by atoms with Crippen LogP contribution < -0.4 is 0 Å². The average molecular weight is 301 g/mol. The Morgan fingerprint density at radius 1 is 1.30 bits per heavy atom. The molecule has 8 heteroatoms. The van der Waals surface area contributed by atoms with Gasteiger partial charge in [-0.3, -0.25) is 0 Å². The van der Waals surface area contributed by atoms with E-state index in [2.05, 4.69) is 4.90 Å². The van der Waals surface area contributed by atoms with E-state index < -0.39 is 16.0 Å². The largest absolute Gasteiger partial charge is 0.477 e. The number of hydrogen-bond acceptors (Lipinski definition) is 4. The molecule has 2 heterocycles. The molecule has 0 atom stereocenters. The van der Waals surface area contributed by atoms with Gasteiger partial charge in [0.2, 0.25) is 10.0 Å². The predicted octanol–water partition coefficient (Wildman–Crippen LogP) is 0.0495. The van der Waals surface area contributed by atoms with Crippen molar-refractivity contribution in [3.63, 3.8) is 0 Å². The number of nitrogens with zero attached hydrogens (tertiary/aromatic N) is 3. The lowest BCUT2D eigenvalue weighted by Gasteiger charge is -2.32. The number of sulfonamides is 1. The summed E-state index contributed by atoms with van der Waals surface area (Å²) in [6.07, 6.45) is 1.35. The first-order chi connectivity index (χ1) is 9.36. The fourth-order valence-corrected chi connectivity index (χ4v) is 3.82. The van der Waals surface area contributed by atoms with Crippen molar-refractivity contribution in [2.75, 3.05) is 32.7 Å². The first-order valence-electron chi connectivity index (χ1n) is 6.48. The van der Waals surface area contributed by atoms with Crippen LogP contribution in [0.15, 0.2) is 17.2 Å². The second kappa shape index (κ2) is 5.55. The third-order valence-corrected chi connectivity index (χ3v) is 5.48. The van der Waals surface area contributed by atoms with Crippen LogP contribution in [0.5, 0.6) is 0 Å². The van der Waals surface area contributed by atoms with Gasteiger partial charge in [-0.1, -0.05) is 6.92 Å². The predicted molar refractivity (Wildman–Crippen MR) is 73.2 cm³/mol. The first-order valence-corrected chi connectivity index (χ1v) is 7.92. The van der Waals surface area contributed by atoms with Gasteiger partial charge in [-0.25, -0.2) is 13.2 Å². The van der Waals surface area contributed by atoms with Crippen molar-refractivity contribution >= 4 is 16.0 Å². The maximum Gasteiger partial charge on any atom is 0.352 e. The molecule has 1 aromatic heterocycles. The summed E-state index contributed by atoms with van der Waals surface area (Å²) in [6.45, 7) is 5.23. The van der Waals surface area contributed by atoms with Crippen molar-refractivity contribution in [3.8, 4) is 0 Å². The number of carboxylic acid groups (broad SMARTS) is 1. The summed E-state index contributed by atoms with van der Waals surface area (Å²) in [4.78, 5) is 13.2. The van der Waals surface area contributed by atoms with E-state index in [1.165, 1.54) is 28.2 Å². The number of carbonyl (C=O) groups is 1. The molecule has 1 saturated heterocycles. The number of piperazine rings is 1. The Labute approximate surface area is 118 Å². The standard InChI is InChI=1S/C12H19N3O4S/c1-3-14-4-6-15(7-5-14)20(18,19)10-8-11(12(16)17)13(2)9-10/h8-9H,3-7H2,1-2H3,(H,16,17). The number of rotatable bonds is 4. The van der Waals surface area contributed by atoms with E-state index in [4.69, 9.17) is 5.11 Å². The zero-order valence-corrected chi connectivity index (χ0v) is 12.4. The minimum Gasteiger partial charge on any atom is -0.477 e. The summed E-state index contributed by atoms with van der Waals surface area (Å²) < 4.78 is 27.7. The highest BCUT2D eigenvalue weighted by Crippen LogP contribution is 2.20. The van der Waals surface area contributed by atoms with Gasteiger partial charge in [0.1, 0.15) is 10.6 Å². The highest BCUT2D eigenvalue weighted by atomic mass is 32.2. The normalized spacial score (nSPS) is 18.3. The lowest BCUT2D eigenvalue weighted by atomic mass is 10.4. The zero-order valence-electron chi connectivity index (χ0n) is 11.6. The molecular weight excluding hydrogens is 282 g/mol. The van der Waals surface area contributed by atoms with Gasteiger partial charge in [0.25, 0.3) is 0 Å². The van der Waals surface area contributed by atoms with Crippen LogP contribution in [-0.4, -0.2) is 66.0 Å². The maximum atomic E-state index is 12.5. The molecule has 0 radical (unpaired) electrons. The van der Waals surface area contributed by atoms with Gasteiger partial charge in [-0.05, 0) is 12.6 Å². The summed E-state index contributed by atoms with van der Waals surface area (Å²) >= 11 is 0. The van der Waals surface area contributed by atoms with Crippen molar-refractivity contribution in [2.24, 2.45) is 7.05 Å². The lowest BCUT2D eigenvalue weighted by Crippen LogP contribution is -2.48. The Morgan fingerprint density at radius 2 is 1.90 bits per heavy atom. The summed E-state index contributed by atoms with van der Waals surface area (Å²) in [5.41, 5.74) is -0.0317. The van der Waals surface area contributed by atoms with Crippen LogP contribution in [0.25, 0.3) is 0 Å². The molecule has 1 aliphatic heterocycles. The van der Waals surface area contributed by atoms with Crippen LogP contribution in [0.1, 0.15) is 17.4 Å². The molecule has 7 nitrogen and oxygen atoms in total. The number of aryl methyl sites for hydroxylation is 1.